The van der Waals surface area contributed by atoms with Crippen molar-refractivity contribution in [1.82, 2.24) is 14.7 Å². The Hall–Kier alpha value is -0.580. The summed E-state index contributed by atoms with van der Waals surface area (Å²) in [4.78, 5) is 2.36. The van der Waals surface area contributed by atoms with Gasteiger partial charge in [-0.1, -0.05) is 11.6 Å². The van der Waals surface area contributed by atoms with Crippen molar-refractivity contribution < 1.29 is 0 Å². The molecule has 1 aliphatic rings. The number of halogens is 1. The highest BCUT2D eigenvalue weighted by atomic mass is 35.5. The first-order valence-electron chi connectivity index (χ1n) is 5.74. The maximum Gasteiger partial charge on any atom is 0.0860 e. The van der Waals surface area contributed by atoms with Crippen LogP contribution in [0.25, 0.3) is 0 Å². The average Bonchev–Trinajstić information content (AvgIpc) is 2.45. The minimum atomic E-state index is 0.307. The topological polar surface area (TPSA) is 47.1 Å². The molecular weight excluding hydrogens is 224 g/mol. The van der Waals surface area contributed by atoms with Crippen molar-refractivity contribution in [2.75, 3.05) is 13.1 Å². The predicted molar refractivity (Wildman–Crippen MR) is 65.4 cm³/mol. The van der Waals surface area contributed by atoms with Gasteiger partial charge < -0.3 is 5.73 Å². The Morgan fingerprint density at radius 2 is 2.31 bits per heavy atom. The molecule has 0 spiro atoms. The van der Waals surface area contributed by atoms with Crippen LogP contribution < -0.4 is 5.73 Å². The second-order valence-electron chi connectivity index (χ2n) is 4.61. The smallest absolute Gasteiger partial charge is 0.0860 e. The summed E-state index contributed by atoms with van der Waals surface area (Å²) in [5.41, 5.74) is 7.96. The molecule has 0 saturated carbocycles. The third-order valence-electron chi connectivity index (χ3n) is 3.18. The van der Waals surface area contributed by atoms with Crippen LogP contribution in [0.5, 0.6) is 0 Å². The molecule has 16 heavy (non-hydrogen) atoms. The monoisotopic (exact) mass is 242 g/mol. The lowest BCUT2D eigenvalue weighted by Crippen LogP contribution is -2.42. The van der Waals surface area contributed by atoms with Gasteiger partial charge in [-0.2, -0.15) is 5.10 Å². The van der Waals surface area contributed by atoms with E-state index in [1.165, 1.54) is 6.42 Å². The highest BCUT2D eigenvalue weighted by molar-refractivity contribution is 6.31. The summed E-state index contributed by atoms with van der Waals surface area (Å²) in [6, 6.07) is 0.307. The van der Waals surface area contributed by atoms with E-state index < -0.39 is 0 Å². The molecule has 2 N–H and O–H groups in total. The van der Waals surface area contributed by atoms with E-state index >= 15 is 0 Å². The fourth-order valence-corrected chi connectivity index (χ4v) is 2.52. The van der Waals surface area contributed by atoms with E-state index in [0.717, 1.165) is 42.5 Å². The fourth-order valence-electron chi connectivity index (χ4n) is 2.30. The Morgan fingerprint density at radius 1 is 1.56 bits per heavy atom. The predicted octanol–water partition coefficient (Wildman–Crippen LogP) is 1.31. The number of aromatic nitrogens is 2. The minimum absolute atomic E-state index is 0.307. The van der Waals surface area contributed by atoms with Gasteiger partial charge in [0.25, 0.3) is 0 Å². The third-order valence-corrected chi connectivity index (χ3v) is 3.67. The maximum atomic E-state index is 6.23. The van der Waals surface area contributed by atoms with E-state index in [1.807, 2.05) is 18.7 Å². The van der Waals surface area contributed by atoms with E-state index in [1.54, 1.807) is 0 Å². The molecule has 2 heterocycles. The average molecular weight is 243 g/mol. The van der Waals surface area contributed by atoms with E-state index in [-0.39, 0.29) is 0 Å². The van der Waals surface area contributed by atoms with E-state index in [2.05, 4.69) is 10.00 Å². The molecule has 1 saturated heterocycles. The number of aryl methyl sites for hydroxylation is 2. The molecule has 5 heteroatoms. The molecule has 1 unspecified atom stereocenters. The van der Waals surface area contributed by atoms with Crippen molar-refractivity contribution in [3.05, 3.63) is 16.4 Å². The molecule has 0 amide bonds. The first-order valence-corrected chi connectivity index (χ1v) is 6.11. The van der Waals surface area contributed by atoms with Gasteiger partial charge in [-0.15, -0.1) is 0 Å². The first kappa shape index (κ1) is 11.9. The van der Waals surface area contributed by atoms with Crippen LogP contribution in [0.1, 0.15) is 24.2 Å². The fraction of sp³-hybridized carbons (Fsp3) is 0.727. The SMILES string of the molecule is Cc1nn(C)c(CN2CCCC(N)C2)c1Cl. The van der Waals surface area contributed by atoms with Crippen LogP contribution in [-0.2, 0) is 13.6 Å². The second-order valence-corrected chi connectivity index (χ2v) is 4.99. The van der Waals surface area contributed by atoms with Crippen LogP contribution in [-0.4, -0.2) is 33.8 Å². The van der Waals surface area contributed by atoms with Gasteiger partial charge in [0.05, 0.1) is 16.4 Å². The lowest BCUT2D eigenvalue weighted by atomic mass is 10.1. The van der Waals surface area contributed by atoms with Crippen LogP contribution in [0.3, 0.4) is 0 Å². The Labute approximate surface area is 101 Å². The molecule has 0 bridgehead atoms. The molecule has 4 nitrogen and oxygen atoms in total. The molecule has 1 atom stereocenters. The zero-order valence-corrected chi connectivity index (χ0v) is 10.7. The largest absolute Gasteiger partial charge is 0.327 e. The molecule has 2 rings (SSSR count). The molecule has 0 aromatic carbocycles. The number of likely N-dealkylation sites (tertiary alicyclic amines) is 1. The quantitative estimate of drug-likeness (QED) is 0.851. The minimum Gasteiger partial charge on any atom is -0.327 e. The maximum absolute atomic E-state index is 6.23. The summed E-state index contributed by atoms with van der Waals surface area (Å²) < 4.78 is 1.87. The van der Waals surface area contributed by atoms with Gasteiger partial charge in [0.15, 0.2) is 0 Å². The van der Waals surface area contributed by atoms with Gasteiger partial charge in [0.1, 0.15) is 0 Å². The number of hydrogen-bond donors (Lipinski definition) is 1. The van der Waals surface area contributed by atoms with E-state index in [4.69, 9.17) is 17.3 Å². The molecular formula is C11H19ClN4. The lowest BCUT2D eigenvalue weighted by Gasteiger charge is -2.30. The molecule has 90 valence electrons. The number of nitrogens with zero attached hydrogens (tertiary/aromatic N) is 3. The number of nitrogens with two attached hydrogens (primary N) is 1. The van der Waals surface area contributed by atoms with Crippen LogP contribution >= 0.6 is 11.6 Å². The number of hydrogen-bond acceptors (Lipinski definition) is 3. The molecule has 0 radical (unpaired) electrons. The lowest BCUT2D eigenvalue weighted by molar-refractivity contribution is 0.197. The Kier molecular flexibility index (Phi) is 3.52. The van der Waals surface area contributed by atoms with Gasteiger partial charge in [0, 0.05) is 26.2 Å². The highest BCUT2D eigenvalue weighted by Gasteiger charge is 2.20. The molecule has 0 aliphatic carbocycles. The number of rotatable bonds is 2. The van der Waals surface area contributed by atoms with Crippen LogP contribution in [0.2, 0.25) is 5.02 Å². The van der Waals surface area contributed by atoms with E-state index in [0.29, 0.717) is 6.04 Å². The molecule has 1 aromatic rings. The summed E-state index contributed by atoms with van der Waals surface area (Å²) in [7, 11) is 1.94. The molecule has 1 aliphatic heterocycles. The summed E-state index contributed by atoms with van der Waals surface area (Å²) in [6.07, 6.45) is 2.31. The van der Waals surface area contributed by atoms with Crippen molar-refractivity contribution in [3.63, 3.8) is 0 Å². The standard InChI is InChI=1S/C11H19ClN4/c1-8-11(12)10(15(2)14-8)7-16-5-3-4-9(13)6-16/h9H,3-7,13H2,1-2H3. The Balaban J connectivity index is 2.08. The van der Waals surface area contributed by atoms with Crippen molar-refractivity contribution >= 4 is 11.6 Å². The van der Waals surface area contributed by atoms with Gasteiger partial charge in [0.2, 0.25) is 0 Å². The van der Waals surface area contributed by atoms with Crippen molar-refractivity contribution in [2.45, 2.75) is 32.4 Å². The highest BCUT2D eigenvalue weighted by Crippen LogP contribution is 2.22. The van der Waals surface area contributed by atoms with Crippen molar-refractivity contribution in [3.8, 4) is 0 Å². The molecule has 1 fully saturated rings. The van der Waals surface area contributed by atoms with Crippen molar-refractivity contribution in [1.29, 1.82) is 0 Å². The van der Waals surface area contributed by atoms with Crippen LogP contribution in [0.15, 0.2) is 0 Å². The molecule has 1 aromatic heterocycles. The summed E-state index contributed by atoms with van der Waals surface area (Å²) in [5.74, 6) is 0. The second kappa shape index (κ2) is 4.73. The summed E-state index contributed by atoms with van der Waals surface area (Å²) >= 11 is 6.23. The van der Waals surface area contributed by atoms with Gasteiger partial charge >= 0.3 is 0 Å². The van der Waals surface area contributed by atoms with E-state index in [9.17, 15) is 0 Å². The zero-order valence-electron chi connectivity index (χ0n) is 9.91. The van der Waals surface area contributed by atoms with Gasteiger partial charge in [-0.3, -0.25) is 9.58 Å². The Morgan fingerprint density at radius 3 is 2.88 bits per heavy atom. The van der Waals surface area contributed by atoms with Crippen LogP contribution in [0.4, 0.5) is 0 Å². The third kappa shape index (κ3) is 2.39. The zero-order chi connectivity index (χ0) is 11.7. The van der Waals surface area contributed by atoms with Crippen molar-refractivity contribution in [2.24, 2.45) is 12.8 Å². The number of piperidine rings is 1. The summed E-state index contributed by atoms with van der Waals surface area (Å²) in [6.45, 7) is 4.85. The normalized spacial score (nSPS) is 22.6. The Bertz CT molecular complexity index is 374. The van der Waals surface area contributed by atoms with Crippen LogP contribution in [0, 0.1) is 6.92 Å². The van der Waals surface area contributed by atoms with Gasteiger partial charge in [-0.05, 0) is 26.3 Å². The first-order chi connectivity index (χ1) is 7.58. The van der Waals surface area contributed by atoms with Gasteiger partial charge in [-0.25, -0.2) is 0 Å². The summed E-state index contributed by atoms with van der Waals surface area (Å²) in [5, 5.41) is 5.12.